The summed E-state index contributed by atoms with van der Waals surface area (Å²) in [6, 6.07) is 9.93. The molecule has 1 fully saturated rings. The molecule has 1 aromatic heterocycles. The molecule has 1 amide bonds. The van der Waals surface area contributed by atoms with E-state index in [1.165, 1.54) is 5.56 Å². The van der Waals surface area contributed by atoms with Crippen LogP contribution in [-0.4, -0.2) is 78.7 Å². The van der Waals surface area contributed by atoms with E-state index in [9.17, 15) is 4.79 Å². The number of carbonyl (C=O) groups excluding carboxylic acids is 1. The molecule has 3 heterocycles. The fourth-order valence-electron chi connectivity index (χ4n) is 3.95. The average Bonchev–Trinajstić information content (AvgIpc) is 3.26. The Hall–Kier alpha value is -2.63. The van der Waals surface area contributed by atoms with Gasteiger partial charge in [0.1, 0.15) is 11.9 Å². The molecule has 0 radical (unpaired) electrons. The maximum Gasteiger partial charge on any atom is 0.225 e. The fourth-order valence-corrected chi connectivity index (χ4v) is 3.95. The number of amides is 1. The summed E-state index contributed by atoms with van der Waals surface area (Å²) in [6.45, 7) is 6.76. The van der Waals surface area contributed by atoms with E-state index < -0.39 is 0 Å². The predicted molar refractivity (Wildman–Crippen MR) is 139 cm³/mol. The second kappa shape index (κ2) is 12.6. The van der Waals surface area contributed by atoms with E-state index in [-0.39, 0.29) is 36.0 Å². The minimum atomic E-state index is 0. The van der Waals surface area contributed by atoms with Crippen LogP contribution in [0, 0.1) is 0 Å². The molecule has 178 valence electrons. The predicted octanol–water partition coefficient (Wildman–Crippen LogP) is 1.69. The molecule has 0 spiro atoms. The summed E-state index contributed by atoms with van der Waals surface area (Å²) in [4.78, 5) is 29.9. The van der Waals surface area contributed by atoms with E-state index in [0.29, 0.717) is 38.6 Å². The molecule has 10 heteroatoms. The van der Waals surface area contributed by atoms with Crippen LogP contribution in [0.5, 0.6) is 5.75 Å². The Labute approximate surface area is 212 Å². The van der Waals surface area contributed by atoms with Crippen LogP contribution < -0.4 is 20.3 Å². The van der Waals surface area contributed by atoms with Gasteiger partial charge in [-0.3, -0.25) is 4.79 Å². The smallest absolute Gasteiger partial charge is 0.225 e. The molecule has 33 heavy (non-hydrogen) atoms. The average molecular weight is 565 g/mol. The molecule has 2 aliphatic rings. The van der Waals surface area contributed by atoms with Crippen molar-refractivity contribution >= 4 is 41.8 Å². The zero-order valence-corrected chi connectivity index (χ0v) is 21.3. The number of halogens is 1. The lowest BCUT2D eigenvalue weighted by molar-refractivity contribution is -0.131. The van der Waals surface area contributed by atoms with Gasteiger partial charge < -0.3 is 25.2 Å². The van der Waals surface area contributed by atoms with Gasteiger partial charge in [-0.15, -0.1) is 24.0 Å². The SMILES string of the molecule is CCNC(=NCC1Cc2ccccc2O1)NCCC(=O)N1CCN(c2ncccn2)CC1.I. The number of hydrogen-bond acceptors (Lipinski definition) is 6. The quantitative estimate of drug-likeness (QED) is 0.300. The molecule has 0 saturated carbocycles. The highest BCUT2D eigenvalue weighted by molar-refractivity contribution is 14.0. The standard InChI is InChI=1S/C23H31N7O2.HI/c1-2-24-22(28-17-19-16-18-6-3-4-7-20(18)32-19)25-11-8-21(31)29-12-14-30(15-13-29)23-26-9-5-10-27-23;/h3-7,9-10,19H,2,8,11-17H2,1H3,(H2,24,25,28);1H. The number of rotatable bonds is 7. The van der Waals surface area contributed by atoms with Crippen LogP contribution in [0.3, 0.4) is 0 Å². The molecule has 1 aromatic carbocycles. The molecule has 1 saturated heterocycles. The van der Waals surface area contributed by atoms with E-state index in [2.05, 4.69) is 36.6 Å². The number of benzene rings is 1. The number of anilines is 1. The molecule has 0 bridgehead atoms. The second-order valence-corrected chi connectivity index (χ2v) is 7.86. The summed E-state index contributed by atoms with van der Waals surface area (Å²) >= 11 is 0. The van der Waals surface area contributed by atoms with Crippen LogP contribution in [-0.2, 0) is 11.2 Å². The first-order valence-corrected chi connectivity index (χ1v) is 11.3. The van der Waals surface area contributed by atoms with Crippen molar-refractivity contribution in [2.45, 2.75) is 25.9 Å². The topological polar surface area (TPSA) is 95.0 Å². The summed E-state index contributed by atoms with van der Waals surface area (Å²) in [5.41, 5.74) is 1.23. The number of para-hydroxylation sites is 1. The van der Waals surface area contributed by atoms with Crippen molar-refractivity contribution < 1.29 is 9.53 Å². The van der Waals surface area contributed by atoms with Gasteiger partial charge in [-0.2, -0.15) is 0 Å². The number of aliphatic imine (C=N–C) groups is 1. The van der Waals surface area contributed by atoms with E-state index in [4.69, 9.17) is 4.74 Å². The number of piperazine rings is 1. The Kier molecular flexibility index (Phi) is 9.52. The van der Waals surface area contributed by atoms with E-state index >= 15 is 0 Å². The third-order valence-corrected chi connectivity index (χ3v) is 5.61. The maximum absolute atomic E-state index is 12.6. The first-order valence-electron chi connectivity index (χ1n) is 11.3. The Morgan fingerprint density at radius 2 is 1.88 bits per heavy atom. The van der Waals surface area contributed by atoms with Gasteiger partial charge in [0.15, 0.2) is 5.96 Å². The Balaban J connectivity index is 0.00000306. The highest BCUT2D eigenvalue weighted by Gasteiger charge is 2.23. The summed E-state index contributed by atoms with van der Waals surface area (Å²) in [6.07, 6.45) is 4.84. The largest absolute Gasteiger partial charge is 0.488 e. The summed E-state index contributed by atoms with van der Waals surface area (Å²) in [7, 11) is 0. The molecule has 1 unspecified atom stereocenters. The summed E-state index contributed by atoms with van der Waals surface area (Å²) in [5, 5.41) is 6.52. The van der Waals surface area contributed by atoms with Crippen molar-refractivity contribution in [2.24, 2.45) is 4.99 Å². The Morgan fingerprint density at radius 1 is 1.12 bits per heavy atom. The molecular weight excluding hydrogens is 533 g/mol. The van der Waals surface area contributed by atoms with E-state index in [0.717, 1.165) is 37.8 Å². The van der Waals surface area contributed by atoms with Gasteiger partial charge >= 0.3 is 0 Å². The van der Waals surface area contributed by atoms with Crippen LogP contribution in [0.15, 0.2) is 47.7 Å². The van der Waals surface area contributed by atoms with Crippen molar-refractivity contribution in [2.75, 3.05) is 50.7 Å². The third kappa shape index (κ3) is 6.92. The molecule has 9 nitrogen and oxygen atoms in total. The van der Waals surface area contributed by atoms with Gasteiger partial charge in [-0.05, 0) is 24.6 Å². The zero-order chi connectivity index (χ0) is 22.2. The van der Waals surface area contributed by atoms with Crippen LogP contribution >= 0.6 is 24.0 Å². The maximum atomic E-state index is 12.6. The van der Waals surface area contributed by atoms with Crippen molar-refractivity contribution in [1.29, 1.82) is 0 Å². The van der Waals surface area contributed by atoms with E-state index in [1.54, 1.807) is 18.5 Å². The number of hydrogen-bond donors (Lipinski definition) is 2. The van der Waals surface area contributed by atoms with Crippen LogP contribution in [0.25, 0.3) is 0 Å². The molecule has 1 atom stereocenters. The molecule has 0 aliphatic carbocycles. The normalized spacial score (nSPS) is 17.6. The molecule has 2 aromatic rings. The van der Waals surface area contributed by atoms with Gasteiger partial charge in [-0.25, -0.2) is 15.0 Å². The first kappa shape index (κ1) is 25.0. The molecule has 4 rings (SSSR count). The van der Waals surface area contributed by atoms with E-state index in [1.807, 2.05) is 30.0 Å². The highest BCUT2D eigenvalue weighted by atomic mass is 127. The minimum Gasteiger partial charge on any atom is -0.488 e. The fraction of sp³-hybridized carbons (Fsp3) is 0.478. The van der Waals surface area contributed by atoms with Crippen LogP contribution in [0.1, 0.15) is 18.9 Å². The number of nitrogens with zero attached hydrogens (tertiary/aromatic N) is 5. The summed E-state index contributed by atoms with van der Waals surface area (Å²) < 4.78 is 5.96. The van der Waals surface area contributed by atoms with Gasteiger partial charge in [0.2, 0.25) is 11.9 Å². The lowest BCUT2D eigenvalue weighted by atomic mass is 10.1. The van der Waals surface area contributed by atoms with Crippen molar-refractivity contribution in [1.82, 2.24) is 25.5 Å². The number of guanidine groups is 1. The molecule has 2 aliphatic heterocycles. The number of fused-ring (bicyclic) bond motifs is 1. The lowest BCUT2D eigenvalue weighted by Crippen LogP contribution is -2.50. The van der Waals surface area contributed by atoms with Gasteiger partial charge in [0.05, 0.1) is 6.54 Å². The van der Waals surface area contributed by atoms with Gasteiger partial charge in [0.25, 0.3) is 0 Å². The highest BCUT2D eigenvalue weighted by Crippen LogP contribution is 2.28. The molecular formula is C23H32IN7O2. The Morgan fingerprint density at radius 3 is 2.61 bits per heavy atom. The van der Waals surface area contributed by atoms with Gasteiger partial charge in [0, 0.05) is 64.5 Å². The minimum absolute atomic E-state index is 0. The number of ether oxygens (including phenoxy) is 1. The molecule has 2 N–H and O–H groups in total. The second-order valence-electron chi connectivity index (χ2n) is 7.86. The van der Waals surface area contributed by atoms with Crippen molar-refractivity contribution in [3.05, 3.63) is 48.3 Å². The zero-order valence-electron chi connectivity index (χ0n) is 18.9. The lowest BCUT2D eigenvalue weighted by Gasteiger charge is -2.34. The van der Waals surface area contributed by atoms with Gasteiger partial charge in [-0.1, -0.05) is 18.2 Å². The van der Waals surface area contributed by atoms with Crippen LogP contribution in [0.4, 0.5) is 5.95 Å². The van der Waals surface area contributed by atoms with Crippen molar-refractivity contribution in [3.8, 4) is 5.75 Å². The third-order valence-electron chi connectivity index (χ3n) is 5.61. The van der Waals surface area contributed by atoms with Crippen LogP contribution in [0.2, 0.25) is 0 Å². The monoisotopic (exact) mass is 565 g/mol. The first-order chi connectivity index (χ1) is 15.7. The number of nitrogens with one attached hydrogen (secondary N) is 2. The number of aromatic nitrogens is 2. The number of carbonyl (C=O) groups is 1. The van der Waals surface area contributed by atoms with Crippen molar-refractivity contribution in [3.63, 3.8) is 0 Å². The Bertz CT molecular complexity index is 895. The summed E-state index contributed by atoms with van der Waals surface area (Å²) in [5.74, 6) is 2.54.